The molecule has 0 aromatic heterocycles. The minimum absolute atomic E-state index is 0.0491. The second kappa shape index (κ2) is 8.87. The lowest BCUT2D eigenvalue weighted by molar-refractivity contribution is -0.125. The molecule has 7 heteroatoms. The van der Waals surface area contributed by atoms with Gasteiger partial charge in [-0.05, 0) is 38.8 Å². The highest BCUT2D eigenvalue weighted by atomic mass is 32.2. The van der Waals surface area contributed by atoms with E-state index >= 15 is 0 Å². The number of amides is 1. The summed E-state index contributed by atoms with van der Waals surface area (Å²) in [7, 11) is -3.13. The molecule has 134 valence electrons. The number of nitrogens with one attached hydrogen (secondary N) is 1. The third kappa shape index (κ3) is 5.50. The zero-order valence-corrected chi connectivity index (χ0v) is 16.0. The van der Waals surface area contributed by atoms with Crippen LogP contribution >= 0.6 is 11.8 Å². The molecule has 0 bridgehead atoms. The molecule has 1 fully saturated rings. The summed E-state index contributed by atoms with van der Waals surface area (Å²) < 4.78 is 25.1. The van der Waals surface area contributed by atoms with Crippen molar-refractivity contribution in [2.75, 3.05) is 31.1 Å². The summed E-state index contributed by atoms with van der Waals surface area (Å²) in [6.45, 7) is 5.25. The first-order chi connectivity index (χ1) is 11.4. The average molecular weight is 371 g/mol. The number of hydrogen-bond donors (Lipinski definition) is 1. The molecule has 0 atom stereocenters. The van der Waals surface area contributed by atoms with Crippen molar-refractivity contribution >= 4 is 27.7 Å². The smallest absolute Gasteiger partial charge is 0.223 e. The van der Waals surface area contributed by atoms with Crippen LogP contribution in [0.15, 0.2) is 29.2 Å². The van der Waals surface area contributed by atoms with Gasteiger partial charge in [-0.15, -0.1) is 11.8 Å². The SMILES string of the molecule is CCS(=O)(=O)N1CCC(C(=O)NCCSc2ccc(C)cc2)CC1. The van der Waals surface area contributed by atoms with Crippen molar-refractivity contribution in [2.24, 2.45) is 5.92 Å². The van der Waals surface area contributed by atoms with Gasteiger partial charge in [-0.25, -0.2) is 12.7 Å². The van der Waals surface area contributed by atoms with E-state index in [1.807, 2.05) is 0 Å². The van der Waals surface area contributed by atoms with Crippen LogP contribution in [0.2, 0.25) is 0 Å². The van der Waals surface area contributed by atoms with Gasteiger partial charge < -0.3 is 5.32 Å². The second-order valence-electron chi connectivity index (χ2n) is 6.03. The van der Waals surface area contributed by atoms with E-state index in [0.717, 1.165) is 5.75 Å². The Morgan fingerprint density at radius 1 is 1.25 bits per heavy atom. The van der Waals surface area contributed by atoms with Gasteiger partial charge in [0.15, 0.2) is 0 Å². The Hall–Kier alpha value is -1.05. The minimum Gasteiger partial charge on any atom is -0.355 e. The van der Waals surface area contributed by atoms with E-state index in [-0.39, 0.29) is 17.6 Å². The van der Waals surface area contributed by atoms with Crippen LogP contribution in [0.4, 0.5) is 0 Å². The number of aryl methyl sites for hydroxylation is 1. The Labute approximate surface area is 149 Å². The predicted molar refractivity (Wildman–Crippen MR) is 98.7 cm³/mol. The quantitative estimate of drug-likeness (QED) is 0.591. The standard InChI is InChI=1S/C17H26N2O3S2/c1-3-24(21,22)19-11-8-15(9-12-19)17(20)18-10-13-23-16-6-4-14(2)5-7-16/h4-7,15H,3,8-13H2,1-2H3,(H,18,20). The summed E-state index contributed by atoms with van der Waals surface area (Å²) in [4.78, 5) is 13.4. The molecule has 1 aliphatic heterocycles. The molecule has 0 aliphatic carbocycles. The second-order valence-corrected chi connectivity index (χ2v) is 9.45. The topological polar surface area (TPSA) is 66.5 Å². The number of benzene rings is 1. The van der Waals surface area contributed by atoms with Crippen molar-refractivity contribution in [3.63, 3.8) is 0 Å². The van der Waals surface area contributed by atoms with Gasteiger partial charge in [0.2, 0.25) is 15.9 Å². The third-order valence-electron chi connectivity index (χ3n) is 4.27. The van der Waals surface area contributed by atoms with Gasteiger partial charge in [0.05, 0.1) is 5.75 Å². The predicted octanol–water partition coefficient (Wildman–Crippen LogP) is 2.27. The van der Waals surface area contributed by atoms with Crippen LogP contribution in [0.25, 0.3) is 0 Å². The molecule has 1 N–H and O–H groups in total. The molecule has 1 aromatic carbocycles. The molecule has 5 nitrogen and oxygen atoms in total. The van der Waals surface area contributed by atoms with Gasteiger partial charge in [-0.2, -0.15) is 0 Å². The highest BCUT2D eigenvalue weighted by Crippen LogP contribution is 2.20. The van der Waals surface area contributed by atoms with Gasteiger partial charge in [0.1, 0.15) is 0 Å². The van der Waals surface area contributed by atoms with E-state index in [2.05, 4.69) is 36.5 Å². The van der Waals surface area contributed by atoms with E-state index in [9.17, 15) is 13.2 Å². The zero-order chi connectivity index (χ0) is 17.6. The molecule has 0 unspecified atom stereocenters. The third-order valence-corrected chi connectivity index (χ3v) is 7.17. The summed E-state index contributed by atoms with van der Waals surface area (Å²) in [6.07, 6.45) is 1.21. The monoisotopic (exact) mass is 370 g/mol. The number of carbonyl (C=O) groups excluding carboxylic acids is 1. The van der Waals surface area contributed by atoms with E-state index in [4.69, 9.17) is 0 Å². The number of piperidine rings is 1. The first kappa shape index (κ1) is 19.3. The number of rotatable bonds is 7. The largest absolute Gasteiger partial charge is 0.355 e. The normalized spacial score (nSPS) is 16.9. The molecule has 1 aliphatic rings. The number of hydrogen-bond acceptors (Lipinski definition) is 4. The zero-order valence-electron chi connectivity index (χ0n) is 14.3. The van der Waals surface area contributed by atoms with Crippen molar-refractivity contribution in [1.82, 2.24) is 9.62 Å². The Balaban J connectivity index is 1.67. The minimum atomic E-state index is -3.13. The summed E-state index contributed by atoms with van der Waals surface area (Å²) in [5, 5.41) is 2.97. The van der Waals surface area contributed by atoms with Crippen LogP contribution in [0.3, 0.4) is 0 Å². The van der Waals surface area contributed by atoms with Crippen molar-refractivity contribution in [3.05, 3.63) is 29.8 Å². The molecule has 1 amide bonds. The van der Waals surface area contributed by atoms with Crippen LogP contribution in [0.1, 0.15) is 25.3 Å². The maximum absolute atomic E-state index is 12.2. The Kier molecular flexibility index (Phi) is 7.13. The number of thioether (sulfide) groups is 1. The summed E-state index contributed by atoms with van der Waals surface area (Å²) in [5.74, 6) is 0.934. The van der Waals surface area contributed by atoms with Crippen molar-refractivity contribution < 1.29 is 13.2 Å². The molecular formula is C17H26N2O3S2. The van der Waals surface area contributed by atoms with Crippen LogP contribution in [-0.2, 0) is 14.8 Å². The Morgan fingerprint density at radius 3 is 2.46 bits per heavy atom. The van der Waals surface area contributed by atoms with E-state index in [0.29, 0.717) is 32.5 Å². The average Bonchev–Trinajstić information content (AvgIpc) is 2.60. The fourth-order valence-corrected chi connectivity index (χ4v) is 4.60. The first-order valence-electron chi connectivity index (χ1n) is 8.37. The Morgan fingerprint density at radius 2 is 1.88 bits per heavy atom. The fraction of sp³-hybridized carbons (Fsp3) is 0.588. The fourth-order valence-electron chi connectivity index (χ4n) is 2.70. The summed E-state index contributed by atoms with van der Waals surface area (Å²) in [5.41, 5.74) is 1.24. The number of carbonyl (C=O) groups is 1. The molecule has 0 saturated carbocycles. The highest BCUT2D eigenvalue weighted by Gasteiger charge is 2.29. The van der Waals surface area contributed by atoms with E-state index in [1.54, 1.807) is 18.7 Å². The molecule has 1 aromatic rings. The van der Waals surface area contributed by atoms with Crippen molar-refractivity contribution in [1.29, 1.82) is 0 Å². The van der Waals surface area contributed by atoms with E-state index < -0.39 is 10.0 Å². The van der Waals surface area contributed by atoms with Crippen molar-refractivity contribution in [2.45, 2.75) is 31.6 Å². The van der Waals surface area contributed by atoms with Gasteiger partial charge in [-0.3, -0.25) is 4.79 Å². The molecule has 1 heterocycles. The molecule has 2 rings (SSSR count). The van der Waals surface area contributed by atoms with Crippen LogP contribution in [-0.4, -0.2) is 49.8 Å². The van der Waals surface area contributed by atoms with Crippen molar-refractivity contribution in [3.8, 4) is 0 Å². The lowest BCUT2D eigenvalue weighted by Crippen LogP contribution is -2.43. The first-order valence-corrected chi connectivity index (χ1v) is 11.0. The number of nitrogens with zero attached hydrogens (tertiary/aromatic N) is 1. The molecule has 24 heavy (non-hydrogen) atoms. The highest BCUT2D eigenvalue weighted by molar-refractivity contribution is 7.99. The molecular weight excluding hydrogens is 344 g/mol. The number of sulfonamides is 1. The molecule has 0 spiro atoms. The van der Waals surface area contributed by atoms with Crippen LogP contribution in [0, 0.1) is 12.8 Å². The maximum Gasteiger partial charge on any atom is 0.223 e. The van der Waals surface area contributed by atoms with Crippen LogP contribution < -0.4 is 5.32 Å². The molecule has 0 radical (unpaired) electrons. The van der Waals surface area contributed by atoms with E-state index in [1.165, 1.54) is 14.8 Å². The lowest BCUT2D eigenvalue weighted by atomic mass is 9.97. The lowest BCUT2D eigenvalue weighted by Gasteiger charge is -2.30. The maximum atomic E-state index is 12.2. The van der Waals surface area contributed by atoms with Gasteiger partial charge >= 0.3 is 0 Å². The van der Waals surface area contributed by atoms with Gasteiger partial charge in [-0.1, -0.05) is 17.7 Å². The van der Waals surface area contributed by atoms with Gasteiger partial charge in [0.25, 0.3) is 0 Å². The summed E-state index contributed by atoms with van der Waals surface area (Å²) in [6, 6.07) is 8.34. The van der Waals surface area contributed by atoms with Crippen LogP contribution in [0.5, 0.6) is 0 Å². The summed E-state index contributed by atoms with van der Waals surface area (Å²) >= 11 is 1.72. The molecule has 1 saturated heterocycles. The Bertz CT molecular complexity index is 636. The van der Waals surface area contributed by atoms with Gasteiger partial charge in [0, 0.05) is 36.2 Å².